The largest absolute Gasteiger partial charge is 0.411 e. The summed E-state index contributed by atoms with van der Waals surface area (Å²) in [6.07, 6.45) is 0.986. The fourth-order valence-corrected chi connectivity index (χ4v) is 3.73. The molecule has 0 fully saturated rings. The van der Waals surface area contributed by atoms with Gasteiger partial charge in [-0.25, -0.2) is 0 Å². The summed E-state index contributed by atoms with van der Waals surface area (Å²) in [5.41, 5.74) is 3.59. The van der Waals surface area contributed by atoms with Crippen molar-refractivity contribution >= 4 is 27.4 Å². The van der Waals surface area contributed by atoms with Gasteiger partial charge in [0.15, 0.2) is 5.60 Å². The number of halogens is 1. The molecule has 0 saturated carbocycles. The zero-order valence-corrected chi connectivity index (χ0v) is 16.7. The molecule has 28 heavy (non-hydrogen) atoms. The highest BCUT2D eigenvalue weighted by molar-refractivity contribution is 9.10. The van der Waals surface area contributed by atoms with Gasteiger partial charge in [-0.15, -0.1) is 0 Å². The van der Waals surface area contributed by atoms with Gasteiger partial charge in [0.1, 0.15) is 0 Å². The summed E-state index contributed by atoms with van der Waals surface area (Å²) >= 11 is 3.49. The van der Waals surface area contributed by atoms with E-state index in [0.29, 0.717) is 18.6 Å². The smallest absolute Gasteiger partial charge is 0.174 e. The average Bonchev–Trinajstić information content (AvgIpc) is 3.19. The molecule has 1 atom stereocenters. The van der Waals surface area contributed by atoms with E-state index >= 15 is 0 Å². The van der Waals surface area contributed by atoms with Crippen molar-refractivity contribution in [2.75, 3.05) is 0 Å². The van der Waals surface area contributed by atoms with Gasteiger partial charge in [-0.05, 0) is 28.8 Å². The Bertz CT molecular complexity index is 1000. The molecular formula is C23H19BrN2O2. The zero-order valence-electron chi connectivity index (χ0n) is 15.1. The number of nitrogens with zero attached hydrogens (tertiary/aromatic N) is 2. The Morgan fingerprint density at radius 2 is 1.61 bits per heavy atom. The molecule has 0 aromatic heterocycles. The molecule has 0 bridgehead atoms. The summed E-state index contributed by atoms with van der Waals surface area (Å²) in [7, 11) is 0. The molecule has 0 radical (unpaired) electrons. The minimum atomic E-state index is -0.733. The number of hydrogen-bond acceptors (Lipinski definition) is 4. The van der Waals surface area contributed by atoms with Crippen LogP contribution >= 0.6 is 15.9 Å². The molecule has 4 rings (SSSR count). The predicted molar refractivity (Wildman–Crippen MR) is 114 cm³/mol. The van der Waals surface area contributed by atoms with E-state index in [9.17, 15) is 5.21 Å². The minimum Gasteiger partial charge on any atom is -0.411 e. The van der Waals surface area contributed by atoms with E-state index in [2.05, 4.69) is 26.2 Å². The van der Waals surface area contributed by atoms with E-state index in [0.717, 1.165) is 26.9 Å². The Labute approximate surface area is 172 Å². The summed E-state index contributed by atoms with van der Waals surface area (Å²) in [5.74, 6) is 0. The molecule has 3 aromatic rings. The van der Waals surface area contributed by atoms with Gasteiger partial charge >= 0.3 is 0 Å². The molecule has 4 nitrogen and oxygen atoms in total. The molecule has 5 heteroatoms. The lowest BCUT2D eigenvalue weighted by Gasteiger charge is -2.27. The fourth-order valence-electron chi connectivity index (χ4n) is 3.46. The van der Waals surface area contributed by atoms with Gasteiger partial charge in [-0.2, -0.15) is 0 Å². The number of rotatable bonds is 5. The van der Waals surface area contributed by atoms with E-state index in [1.807, 2.05) is 84.9 Å². The molecule has 0 saturated heterocycles. The molecular weight excluding hydrogens is 416 g/mol. The maximum Gasteiger partial charge on any atom is 0.174 e. The highest BCUT2D eigenvalue weighted by Crippen LogP contribution is 2.41. The van der Waals surface area contributed by atoms with Crippen molar-refractivity contribution in [1.29, 1.82) is 0 Å². The molecule has 1 heterocycles. The number of benzene rings is 3. The molecule has 1 aliphatic rings. The van der Waals surface area contributed by atoms with Gasteiger partial charge in [0.05, 0.1) is 11.4 Å². The van der Waals surface area contributed by atoms with Crippen LogP contribution in [0.3, 0.4) is 0 Å². The molecule has 0 amide bonds. The second kappa shape index (κ2) is 7.98. The Balaban J connectivity index is 1.70. The van der Waals surface area contributed by atoms with Gasteiger partial charge in [-0.3, -0.25) is 0 Å². The first-order chi connectivity index (χ1) is 13.7. The average molecular weight is 435 g/mol. The first kappa shape index (κ1) is 18.4. The van der Waals surface area contributed by atoms with Crippen LogP contribution in [0.2, 0.25) is 0 Å². The summed E-state index contributed by atoms with van der Waals surface area (Å²) in [6.45, 7) is 0. The highest BCUT2D eigenvalue weighted by atomic mass is 79.9. The third-order valence-electron chi connectivity index (χ3n) is 4.94. The molecule has 1 unspecified atom stereocenters. The standard InChI is InChI=1S/C23H19BrN2O2/c24-20-13-11-19(12-14-20)23(15-21(25-27)17-7-3-1-4-8-17)16-22(26-28-23)18-9-5-2-6-10-18/h1-14,27H,15-16H2/b25-21+. The lowest BCUT2D eigenvalue weighted by molar-refractivity contribution is -0.0177. The van der Waals surface area contributed by atoms with Crippen molar-refractivity contribution in [2.24, 2.45) is 10.3 Å². The molecule has 3 aromatic carbocycles. The Hall–Kier alpha value is -2.92. The van der Waals surface area contributed by atoms with E-state index < -0.39 is 5.60 Å². The van der Waals surface area contributed by atoms with E-state index in [1.165, 1.54) is 0 Å². The van der Waals surface area contributed by atoms with Crippen molar-refractivity contribution in [2.45, 2.75) is 18.4 Å². The second-order valence-corrected chi connectivity index (χ2v) is 7.68. The van der Waals surface area contributed by atoms with Crippen LogP contribution in [0.4, 0.5) is 0 Å². The highest BCUT2D eigenvalue weighted by Gasteiger charge is 2.43. The zero-order chi connectivity index (χ0) is 19.4. The molecule has 0 spiro atoms. The van der Waals surface area contributed by atoms with Gasteiger partial charge in [0.2, 0.25) is 0 Å². The Morgan fingerprint density at radius 3 is 2.25 bits per heavy atom. The van der Waals surface area contributed by atoms with Crippen LogP contribution < -0.4 is 0 Å². The molecule has 1 aliphatic heterocycles. The molecule has 140 valence electrons. The van der Waals surface area contributed by atoms with E-state index in [1.54, 1.807) is 0 Å². The third kappa shape index (κ3) is 3.71. The summed E-state index contributed by atoms with van der Waals surface area (Å²) in [5, 5.41) is 17.7. The van der Waals surface area contributed by atoms with Crippen molar-refractivity contribution in [3.8, 4) is 0 Å². The van der Waals surface area contributed by atoms with Crippen molar-refractivity contribution in [3.05, 3.63) is 106 Å². The molecule has 1 N–H and O–H groups in total. The first-order valence-electron chi connectivity index (χ1n) is 9.03. The van der Waals surface area contributed by atoms with Crippen LogP contribution in [0.5, 0.6) is 0 Å². The Kier molecular flexibility index (Phi) is 5.26. The van der Waals surface area contributed by atoms with Crippen LogP contribution in [0.1, 0.15) is 29.5 Å². The number of hydrogen-bond donors (Lipinski definition) is 1. The van der Waals surface area contributed by atoms with Gasteiger partial charge in [0, 0.05) is 17.3 Å². The molecule has 0 aliphatic carbocycles. The minimum absolute atomic E-state index is 0.398. The van der Waals surface area contributed by atoms with Crippen LogP contribution in [0.25, 0.3) is 0 Å². The summed E-state index contributed by atoms with van der Waals surface area (Å²) in [6, 6.07) is 27.7. The van der Waals surface area contributed by atoms with Gasteiger partial charge < -0.3 is 10.0 Å². The van der Waals surface area contributed by atoms with Crippen LogP contribution in [-0.4, -0.2) is 16.6 Å². The van der Waals surface area contributed by atoms with Crippen LogP contribution in [-0.2, 0) is 10.4 Å². The predicted octanol–water partition coefficient (Wildman–Crippen LogP) is 5.74. The maximum absolute atomic E-state index is 9.72. The summed E-state index contributed by atoms with van der Waals surface area (Å²) < 4.78 is 0.993. The third-order valence-corrected chi connectivity index (χ3v) is 5.47. The normalized spacial score (nSPS) is 19.2. The summed E-state index contributed by atoms with van der Waals surface area (Å²) in [4.78, 5) is 6.07. The lowest BCUT2D eigenvalue weighted by Crippen LogP contribution is -2.30. The Morgan fingerprint density at radius 1 is 0.964 bits per heavy atom. The van der Waals surface area contributed by atoms with Crippen molar-refractivity contribution in [1.82, 2.24) is 0 Å². The van der Waals surface area contributed by atoms with Crippen LogP contribution in [0.15, 0.2) is 99.7 Å². The van der Waals surface area contributed by atoms with Gasteiger partial charge in [0.25, 0.3) is 0 Å². The topological polar surface area (TPSA) is 54.2 Å². The number of oxime groups is 2. The van der Waals surface area contributed by atoms with Crippen LogP contribution in [0, 0.1) is 0 Å². The SMILES string of the molecule is O/N=C(\CC1(c2ccc(Br)cc2)CC(c2ccccc2)=NO1)c1ccccc1. The monoisotopic (exact) mass is 434 g/mol. The fraction of sp³-hybridized carbons (Fsp3) is 0.130. The quantitative estimate of drug-likeness (QED) is 0.316. The van der Waals surface area contributed by atoms with Crippen molar-refractivity contribution in [3.63, 3.8) is 0 Å². The van der Waals surface area contributed by atoms with Gasteiger partial charge in [-0.1, -0.05) is 99.0 Å². The lowest BCUT2D eigenvalue weighted by atomic mass is 9.82. The van der Waals surface area contributed by atoms with E-state index in [-0.39, 0.29) is 0 Å². The first-order valence-corrected chi connectivity index (χ1v) is 9.82. The van der Waals surface area contributed by atoms with E-state index in [4.69, 9.17) is 4.84 Å². The second-order valence-electron chi connectivity index (χ2n) is 6.76. The maximum atomic E-state index is 9.72. The van der Waals surface area contributed by atoms with Crippen molar-refractivity contribution < 1.29 is 10.0 Å².